The van der Waals surface area contributed by atoms with Gasteiger partial charge in [-0.25, -0.2) is 0 Å². The van der Waals surface area contributed by atoms with E-state index in [-0.39, 0.29) is 54.6 Å². The van der Waals surface area contributed by atoms with Crippen LogP contribution >= 0.6 is 0 Å². The molecule has 2 unspecified atom stereocenters. The van der Waals surface area contributed by atoms with E-state index in [2.05, 4.69) is 13.0 Å². The predicted molar refractivity (Wildman–Crippen MR) is 122 cm³/mol. The molecule has 2 aliphatic heterocycles. The highest BCUT2D eigenvalue weighted by molar-refractivity contribution is 5.74. The highest BCUT2D eigenvalue weighted by Crippen LogP contribution is 2.83. The monoisotopic (exact) mass is 480 g/mol. The molecule has 0 aromatic rings. The van der Waals surface area contributed by atoms with Gasteiger partial charge < -0.3 is 33.9 Å². The normalized spacial score (nSPS) is 51.7. The lowest BCUT2D eigenvalue weighted by Crippen LogP contribution is -2.86. The fraction of sp³-hybridized carbons (Fsp3) is 0.885. The standard InChI is InChI=1S/C26H40O8/c1-13-8-14(2)26-17(16(11-31-4)24(29)33-23(13)18(27)12-32-5)6-7-25(26)20-19(34-25)9-15(10-30-3)22(28)21(20)26/h8,13,15-23,27-28H,6-7,9-12H2,1-5H3/b14-8+/t13-,15-,16-,17-,18-,19+,20+,21+,22?,23+,25?,26+/m1/s1. The maximum Gasteiger partial charge on any atom is 0.311 e. The number of aliphatic hydroxyl groups excluding tert-OH is 2. The summed E-state index contributed by atoms with van der Waals surface area (Å²) in [4.78, 5) is 13.6. The molecule has 2 spiro atoms. The van der Waals surface area contributed by atoms with E-state index in [4.69, 9.17) is 23.7 Å². The first-order chi connectivity index (χ1) is 16.3. The molecule has 8 nitrogen and oxygen atoms in total. The van der Waals surface area contributed by atoms with E-state index < -0.39 is 29.6 Å². The topological polar surface area (TPSA) is 104 Å². The van der Waals surface area contributed by atoms with Gasteiger partial charge in [0.2, 0.25) is 0 Å². The molecular formula is C26H40O8. The van der Waals surface area contributed by atoms with Crippen LogP contribution in [0.25, 0.3) is 0 Å². The fourth-order valence-electron chi connectivity index (χ4n) is 8.98. The summed E-state index contributed by atoms with van der Waals surface area (Å²) in [5.41, 5.74) is 0.328. The number of ether oxygens (including phenoxy) is 5. The molecule has 5 rings (SSSR count). The van der Waals surface area contributed by atoms with E-state index in [0.717, 1.165) is 24.8 Å². The minimum atomic E-state index is -0.939. The summed E-state index contributed by atoms with van der Waals surface area (Å²) in [6.07, 6.45) is 2.60. The highest BCUT2D eigenvalue weighted by Gasteiger charge is 2.87. The van der Waals surface area contributed by atoms with Gasteiger partial charge in [-0.3, -0.25) is 4.79 Å². The van der Waals surface area contributed by atoms with Crippen LogP contribution in [0.15, 0.2) is 11.6 Å². The summed E-state index contributed by atoms with van der Waals surface area (Å²) >= 11 is 0. The number of esters is 1. The Balaban J connectivity index is 1.61. The van der Waals surface area contributed by atoms with Crippen LogP contribution in [0.1, 0.15) is 33.1 Å². The second-order valence-electron chi connectivity index (χ2n) is 11.2. The van der Waals surface area contributed by atoms with Crippen molar-refractivity contribution in [1.82, 2.24) is 0 Å². The Morgan fingerprint density at radius 2 is 1.91 bits per heavy atom. The van der Waals surface area contributed by atoms with Crippen LogP contribution in [-0.2, 0) is 28.5 Å². The van der Waals surface area contributed by atoms with Crippen molar-refractivity contribution in [2.75, 3.05) is 41.2 Å². The molecule has 192 valence electrons. The molecule has 0 aromatic heterocycles. The summed E-state index contributed by atoms with van der Waals surface area (Å²) in [5.74, 6) is -0.844. The van der Waals surface area contributed by atoms with Crippen molar-refractivity contribution in [3.8, 4) is 0 Å². The quantitative estimate of drug-likeness (QED) is 0.418. The lowest BCUT2D eigenvalue weighted by Gasteiger charge is -2.80. The number of hydrogen-bond donors (Lipinski definition) is 2. The Morgan fingerprint density at radius 1 is 1.18 bits per heavy atom. The van der Waals surface area contributed by atoms with Crippen molar-refractivity contribution in [3.63, 3.8) is 0 Å². The second-order valence-corrected chi connectivity index (χ2v) is 11.2. The van der Waals surface area contributed by atoms with Gasteiger partial charge in [0, 0.05) is 50.4 Å². The van der Waals surface area contributed by atoms with E-state index >= 15 is 0 Å². The molecule has 4 fully saturated rings. The maximum atomic E-state index is 13.6. The Morgan fingerprint density at radius 3 is 2.59 bits per heavy atom. The number of rotatable bonds is 7. The van der Waals surface area contributed by atoms with Crippen molar-refractivity contribution in [2.45, 2.75) is 63.1 Å². The molecule has 1 saturated heterocycles. The number of carbonyl (C=O) groups is 1. The highest BCUT2D eigenvalue weighted by atomic mass is 16.6. The first-order valence-electron chi connectivity index (χ1n) is 12.7. The predicted octanol–water partition coefficient (Wildman–Crippen LogP) is 1.57. The van der Waals surface area contributed by atoms with E-state index in [1.807, 2.05) is 6.92 Å². The molecule has 0 radical (unpaired) electrons. The zero-order valence-electron chi connectivity index (χ0n) is 20.9. The molecule has 5 aliphatic rings. The Kier molecular flexibility index (Phi) is 6.39. The average Bonchev–Trinajstić information content (AvgIpc) is 3.10. The summed E-state index contributed by atoms with van der Waals surface area (Å²) in [6.45, 7) is 4.89. The Bertz CT molecular complexity index is 830. The van der Waals surface area contributed by atoms with Crippen molar-refractivity contribution in [2.24, 2.45) is 40.9 Å². The zero-order chi connectivity index (χ0) is 24.4. The SMILES string of the molecule is COC[C@H]1C[C@@H]2OC34CC[C@@H]5[C@@H](COC)C(=O)O[C@H]([C@H](O)COC)[C@H](C)/C=C(\C)[C@@]53[C@H](C1O)[C@H]24. The maximum absolute atomic E-state index is 13.6. The van der Waals surface area contributed by atoms with Gasteiger partial charge in [-0.05, 0) is 32.1 Å². The third kappa shape index (κ3) is 3.02. The largest absolute Gasteiger partial charge is 0.459 e. The number of hydrogen-bond acceptors (Lipinski definition) is 8. The Hall–Kier alpha value is -1.03. The number of aliphatic hydroxyl groups is 2. The van der Waals surface area contributed by atoms with Crippen LogP contribution in [0.4, 0.5) is 0 Å². The van der Waals surface area contributed by atoms with Gasteiger partial charge in [0.15, 0.2) is 0 Å². The molecule has 2 N–H and O–H groups in total. The summed E-state index contributed by atoms with van der Waals surface area (Å²) in [7, 11) is 4.79. The third-order valence-corrected chi connectivity index (χ3v) is 9.88. The minimum absolute atomic E-state index is 0.00343. The van der Waals surface area contributed by atoms with Crippen molar-refractivity contribution in [1.29, 1.82) is 0 Å². The molecular weight excluding hydrogens is 440 g/mol. The van der Waals surface area contributed by atoms with Crippen LogP contribution in [0.3, 0.4) is 0 Å². The van der Waals surface area contributed by atoms with Gasteiger partial charge in [0.25, 0.3) is 0 Å². The molecule has 3 aliphatic carbocycles. The lowest BCUT2D eigenvalue weighted by atomic mass is 9.32. The average molecular weight is 481 g/mol. The molecule has 0 bridgehead atoms. The van der Waals surface area contributed by atoms with E-state index in [0.29, 0.717) is 12.5 Å². The van der Waals surface area contributed by atoms with Crippen molar-refractivity contribution < 1.29 is 38.7 Å². The van der Waals surface area contributed by atoms with Crippen molar-refractivity contribution in [3.05, 3.63) is 11.6 Å². The number of carbonyl (C=O) groups excluding carboxylic acids is 1. The van der Waals surface area contributed by atoms with Crippen LogP contribution in [0, 0.1) is 40.9 Å². The van der Waals surface area contributed by atoms with Gasteiger partial charge in [0.1, 0.15) is 12.2 Å². The van der Waals surface area contributed by atoms with Crippen molar-refractivity contribution >= 4 is 5.97 Å². The first kappa shape index (κ1) is 24.7. The van der Waals surface area contributed by atoms with Crippen LogP contribution in [0.5, 0.6) is 0 Å². The summed E-state index contributed by atoms with van der Waals surface area (Å²) in [6, 6.07) is 0. The van der Waals surface area contributed by atoms with Gasteiger partial charge >= 0.3 is 5.97 Å². The molecule has 0 aromatic carbocycles. The van der Waals surface area contributed by atoms with Crippen LogP contribution < -0.4 is 0 Å². The van der Waals surface area contributed by atoms with E-state index in [9.17, 15) is 15.0 Å². The lowest BCUT2D eigenvalue weighted by molar-refractivity contribution is -0.435. The fourth-order valence-corrected chi connectivity index (χ4v) is 8.98. The molecule has 0 amide bonds. The Labute approximate surface area is 201 Å². The molecule has 8 heteroatoms. The molecule has 34 heavy (non-hydrogen) atoms. The summed E-state index contributed by atoms with van der Waals surface area (Å²) in [5, 5.41) is 22.4. The second kappa shape index (κ2) is 8.82. The van der Waals surface area contributed by atoms with Gasteiger partial charge in [0.05, 0.1) is 43.5 Å². The number of cyclic esters (lactones) is 1. The van der Waals surface area contributed by atoms with Gasteiger partial charge in [-0.15, -0.1) is 0 Å². The smallest absolute Gasteiger partial charge is 0.311 e. The minimum Gasteiger partial charge on any atom is -0.459 e. The van der Waals surface area contributed by atoms with Crippen LogP contribution in [-0.4, -0.2) is 87.3 Å². The molecule has 12 atom stereocenters. The molecule has 2 heterocycles. The van der Waals surface area contributed by atoms with Crippen LogP contribution in [0.2, 0.25) is 0 Å². The van der Waals surface area contributed by atoms with E-state index in [1.165, 1.54) is 7.11 Å². The van der Waals surface area contributed by atoms with Gasteiger partial charge in [-0.1, -0.05) is 18.6 Å². The van der Waals surface area contributed by atoms with E-state index in [1.54, 1.807) is 14.2 Å². The molecule has 3 saturated carbocycles. The number of methoxy groups -OCH3 is 3. The summed E-state index contributed by atoms with van der Waals surface area (Å²) < 4.78 is 28.9. The van der Waals surface area contributed by atoms with Gasteiger partial charge in [-0.2, -0.15) is 0 Å². The third-order valence-electron chi connectivity index (χ3n) is 9.88. The first-order valence-corrected chi connectivity index (χ1v) is 12.7. The zero-order valence-corrected chi connectivity index (χ0v) is 20.9.